The maximum atomic E-state index is 10.9. The van der Waals surface area contributed by atoms with Crippen LogP contribution < -0.4 is 5.32 Å². The molecule has 0 saturated carbocycles. The third-order valence-electron chi connectivity index (χ3n) is 2.20. The molecule has 1 aromatic rings. The second-order valence-corrected chi connectivity index (χ2v) is 5.97. The van der Waals surface area contributed by atoms with Crippen LogP contribution in [0.5, 0.6) is 0 Å². The molecule has 0 amide bonds. The summed E-state index contributed by atoms with van der Waals surface area (Å²) in [4.78, 5) is 0. The highest BCUT2D eigenvalue weighted by atomic mass is 32.2. The monoisotopic (exact) mass is 230 g/mol. The van der Waals surface area contributed by atoms with Crippen molar-refractivity contribution < 1.29 is 8.42 Å². The van der Waals surface area contributed by atoms with Gasteiger partial charge in [-0.15, -0.1) is 0 Å². The van der Waals surface area contributed by atoms with E-state index in [1.807, 2.05) is 25.4 Å². The number of hydrogen-bond donors (Lipinski definition) is 1. The van der Waals surface area contributed by atoms with Gasteiger partial charge in [0, 0.05) is 31.2 Å². The topological polar surface area (TPSA) is 51.1 Å². The van der Waals surface area contributed by atoms with E-state index in [1.54, 1.807) is 0 Å². The summed E-state index contributed by atoms with van der Waals surface area (Å²) >= 11 is 0. The first-order valence-electron chi connectivity index (χ1n) is 4.99. The third kappa shape index (κ3) is 4.48. The largest absolute Gasteiger partial charge is 0.350 e. The van der Waals surface area contributed by atoms with Gasteiger partial charge in [-0.25, -0.2) is 8.42 Å². The Kier molecular flexibility index (Phi) is 4.35. The second kappa shape index (κ2) is 5.32. The van der Waals surface area contributed by atoms with Crippen LogP contribution in [0, 0.1) is 0 Å². The average Bonchev–Trinajstić information content (AvgIpc) is 2.51. The van der Waals surface area contributed by atoms with Crippen molar-refractivity contribution >= 4 is 9.84 Å². The van der Waals surface area contributed by atoms with Crippen molar-refractivity contribution in [2.45, 2.75) is 19.5 Å². The Morgan fingerprint density at radius 3 is 2.80 bits per heavy atom. The van der Waals surface area contributed by atoms with Crippen molar-refractivity contribution in [3.8, 4) is 0 Å². The van der Waals surface area contributed by atoms with Gasteiger partial charge in [-0.1, -0.05) is 0 Å². The molecule has 1 rings (SSSR count). The molecule has 0 fully saturated rings. The van der Waals surface area contributed by atoms with E-state index in [2.05, 4.69) is 9.88 Å². The molecule has 86 valence electrons. The molecule has 0 aliphatic heterocycles. The molecule has 0 aromatic carbocycles. The van der Waals surface area contributed by atoms with Crippen LogP contribution in [0.2, 0.25) is 0 Å². The number of hydrogen-bond acceptors (Lipinski definition) is 3. The lowest BCUT2D eigenvalue weighted by atomic mass is 10.4. The molecule has 1 aromatic heterocycles. The molecule has 1 N–H and O–H groups in total. The average molecular weight is 230 g/mol. The van der Waals surface area contributed by atoms with E-state index in [0.717, 1.165) is 13.1 Å². The van der Waals surface area contributed by atoms with Gasteiger partial charge in [-0.3, -0.25) is 0 Å². The van der Waals surface area contributed by atoms with E-state index in [0.29, 0.717) is 6.42 Å². The Morgan fingerprint density at radius 1 is 1.47 bits per heavy atom. The predicted molar refractivity (Wildman–Crippen MR) is 61.5 cm³/mol. The maximum absolute atomic E-state index is 10.9. The van der Waals surface area contributed by atoms with E-state index in [4.69, 9.17) is 0 Å². The minimum absolute atomic E-state index is 0.254. The normalized spacial score (nSPS) is 11.9. The van der Waals surface area contributed by atoms with Gasteiger partial charge >= 0.3 is 0 Å². The summed E-state index contributed by atoms with van der Waals surface area (Å²) in [6.45, 7) is 1.57. The van der Waals surface area contributed by atoms with Gasteiger partial charge in [-0.05, 0) is 25.6 Å². The maximum Gasteiger partial charge on any atom is 0.147 e. The standard InChI is InChI=1S/C10H18N2O2S/c1-11-9-10-5-3-6-12(10)7-4-8-15(2,13)14/h3,5-6,11H,4,7-9H2,1-2H3. The van der Waals surface area contributed by atoms with Crippen molar-refractivity contribution in [2.75, 3.05) is 19.1 Å². The van der Waals surface area contributed by atoms with Crippen LogP contribution in [0.4, 0.5) is 0 Å². The summed E-state index contributed by atoms with van der Waals surface area (Å²) in [5.74, 6) is 0.254. The molecule has 0 radical (unpaired) electrons. The quantitative estimate of drug-likeness (QED) is 0.780. The molecule has 4 nitrogen and oxygen atoms in total. The molecule has 0 unspecified atom stereocenters. The summed E-state index contributed by atoms with van der Waals surface area (Å²) < 4.78 is 24.0. The van der Waals surface area contributed by atoms with Crippen LogP contribution in [0.25, 0.3) is 0 Å². The Hall–Kier alpha value is -0.810. The zero-order valence-corrected chi connectivity index (χ0v) is 10.0. The molecule has 0 atom stereocenters. The number of aryl methyl sites for hydroxylation is 1. The van der Waals surface area contributed by atoms with E-state index in [1.165, 1.54) is 11.9 Å². The van der Waals surface area contributed by atoms with Crippen molar-refractivity contribution in [3.05, 3.63) is 24.0 Å². The highest BCUT2D eigenvalue weighted by Crippen LogP contribution is 2.03. The van der Waals surface area contributed by atoms with Crippen LogP contribution >= 0.6 is 0 Å². The van der Waals surface area contributed by atoms with E-state index in [-0.39, 0.29) is 5.75 Å². The molecule has 0 saturated heterocycles. The first-order valence-corrected chi connectivity index (χ1v) is 7.05. The summed E-state index contributed by atoms with van der Waals surface area (Å²) in [5.41, 5.74) is 1.19. The Balaban J connectivity index is 2.47. The minimum atomic E-state index is -2.83. The first-order chi connectivity index (χ1) is 7.03. The Labute approximate surface area is 91.2 Å². The molecule has 15 heavy (non-hydrogen) atoms. The van der Waals surface area contributed by atoms with Gasteiger partial charge in [0.15, 0.2) is 0 Å². The van der Waals surface area contributed by atoms with Crippen molar-refractivity contribution in [2.24, 2.45) is 0 Å². The lowest BCUT2D eigenvalue weighted by molar-refractivity contribution is 0.586. The summed E-state index contributed by atoms with van der Waals surface area (Å²) in [6, 6.07) is 4.02. The molecule has 1 heterocycles. The highest BCUT2D eigenvalue weighted by Gasteiger charge is 2.03. The van der Waals surface area contributed by atoms with Gasteiger partial charge in [0.05, 0.1) is 5.75 Å². The Morgan fingerprint density at radius 2 is 2.20 bits per heavy atom. The fourth-order valence-corrected chi connectivity index (χ4v) is 2.16. The molecular weight excluding hydrogens is 212 g/mol. The third-order valence-corrected chi connectivity index (χ3v) is 3.23. The number of rotatable bonds is 6. The fraction of sp³-hybridized carbons (Fsp3) is 0.600. The molecular formula is C10H18N2O2S. The summed E-state index contributed by atoms with van der Waals surface area (Å²) in [6.07, 6.45) is 3.93. The lowest BCUT2D eigenvalue weighted by Gasteiger charge is -2.08. The minimum Gasteiger partial charge on any atom is -0.350 e. The SMILES string of the molecule is CNCc1cccn1CCCS(C)(=O)=O. The lowest BCUT2D eigenvalue weighted by Crippen LogP contribution is -2.12. The Bertz CT molecular complexity index is 395. The van der Waals surface area contributed by atoms with Gasteiger partial charge < -0.3 is 9.88 Å². The number of nitrogens with one attached hydrogen (secondary N) is 1. The van der Waals surface area contributed by atoms with Gasteiger partial charge in [0.1, 0.15) is 9.84 Å². The van der Waals surface area contributed by atoms with Crippen LogP contribution in [0.15, 0.2) is 18.3 Å². The number of nitrogens with zero attached hydrogens (tertiary/aromatic N) is 1. The molecule has 0 bridgehead atoms. The fourth-order valence-electron chi connectivity index (χ4n) is 1.51. The number of aromatic nitrogens is 1. The van der Waals surface area contributed by atoms with Crippen LogP contribution in [0.3, 0.4) is 0 Å². The predicted octanol–water partition coefficient (Wildman–Crippen LogP) is 0.642. The van der Waals surface area contributed by atoms with E-state index >= 15 is 0 Å². The molecule has 0 spiro atoms. The van der Waals surface area contributed by atoms with Crippen molar-refractivity contribution in [1.82, 2.24) is 9.88 Å². The van der Waals surface area contributed by atoms with Gasteiger partial charge in [-0.2, -0.15) is 0 Å². The first kappa shape index (κ1) is 12.3. The van der Waals surface area contributed by atoms with Crippen LogP contribution in [-0.2, 0) is 22.9 Å². The second-order valence-electron chi connectivity index (χ2n) is 3.71. The van der Waals surface area contributed by atoms with Crippen molar-refractivity contribution in [3.63, 3.8) is 0 Å². The van der Waals surface area contributed by atoms with Crippen LogP contribution in [0.1, 0.15) is 12.1 Å². The molecule has 0 aliphatic rings. The molecule has 0 aliphatic carbocycles. The number of sulfone groups is 1. The zero-order valence-electron chi connectivity index (χ0n) is 9.23. The van der Waals surface area contributed by atoms with Gasteiger partial charge in [0.2, 0.25) is 0 Å². The van der Waals surface area contributed by atoms with E-state index < -0.39 is 9.84 Å². The van der Waals surface area contributed by atoms with Gasteiger partial charge in [0.25, 0.3) is 0 Å². The van der Waals surface area contributed by atoms with E-state index in [9.17, 15) is 8.42 Å². The summed E-state index contributed by atoms with van der Waals surface area (Å²) in [7, 11) is -0.935. The highest BCUT2D eigenvalue weighted by molar-refractivity contribution is 7.90. The summed E-state index contributed by atoms with van der Waals surface area (Å²) in [5, 5.41) is 3.08. The smallest absolute Gasteiger partial charge is 0.147 e. The zero-order chi connectivity index (χ0) is 11.3. The van der Waals surface area contributed by atoms with Crippen LogP contribution in [-0.4, -0.2) is 32.0 Å². The van der Waals surface area contributed by atoms with Crippen molar-refractivity contribution in [1.29, 1.82) is 0 Å². The molecule has 5 heteroatoms.